The van der Waals surface area contributed by atoms with Crippen LogP contribution in [0.1, 0.15) is 75.8 Å². The molecule has 0 bridgehead atoms. The molecule has 0 amide bonds. The molecule has 0 spiro atoms. The third kappa shape index (κ3) is 4.19. The fourth-order valence-corrected chi connectivity index (χ4v) is 4.44. The predicted octanol–water partition coefficient (Wildman–Crippen LogP) is 6.41. The average Bonchev–Trinajstić information content (AvgIpc) is 2.61. The molecule has 0 N–H and O–H groups in total. The minimum Gasteiger partial charge on any atom is -0.497 e. The summed E-state index contributed by atoms with van der Waals surface area (Å²) < 4.78 is 5.35. The second-order valence-corrected chi connectivity index (χ2v) is 7.50. The van der Waals surface area contributed by atoms with Gasteiger partial charge in [0.15, 0.2) is 0 Å². The number of hydrogen-bond donors (Lipinski definition) is 0. The first-order chi connectivity index (χ1) is 11.3. The third-order valence-electron chi connectivity index (χ3n) is 5.96. The molecule has 1 fully saturated rings. The van der Waals surface area contributed by atoms with Gasteiger partial charge in [0.25, 0.3) is 0 Å². The van der Waals surface area contributed by atoms with E-state index in [-0.39, 0.29) is 0 Å². The average molecular weight is 312 g/mol. The van der Waals surface area contributed by atoms with Crippen molar-refractivity contribution in [3.05, 3.63) is 34.9 Å². The molecule has 0 aromatic heterocycles. The third-order valence-corrected chi connectivity index (χ3v) is 5.96. The number of allylic oxidation sites excluding steroid dienone is 1. The van der Waals surface area contributed by atoms with Crippen molar-refractivity contribution in [1.82, 2.24) is 0 Å². The van der Waals surface area contributed by atoms with Crippen LogP contribution in [-0.2, 0) is 6.42 Å². The highest BCUT2D eigenvalue weighted by atomic mass is 16.5. The van der Waals surface area contributed by atoms with Gasteiger partial charge in [0.2, 0.25) is 0 Å². The van der Waals surface area contributed by atoms with Crippen LogP contribution in [0.4, 0.5) is 0 Å². The summed E-state index contributed by atoms with van der Waals surface area (Å²) in [5, 5.41) is 0. The Morgan fingerprint density at radius 2 is 1.87 bits per heavy atom. The van der Waals surface area contributed by atoms with Crippen molar-refractivity contribution >= 4 is 6.08 Å². The summed E-state index contributed by atoms with van der Waals surface area (Å²) in [5.74, 6) is 2.86. The number of methoxy groups -OCH3 is 1. The van der Waals surface area contributed by atoms with Crippen LogP contribution in [0.3, 0.4) is 0 Å². The number of unbranched alkanes of at least 4 members (excludes halogenated alkanes) is 2. The summed E-state index contributed by atoms with van der Waals surface area (Å²) in [4.78, 5) is 0. The molecule has 0 heterocycles. The lowest BCUT2D eigenvalue weighted by atomic mass is 9.74. The normalized spacial score (nSPS) is 24.0. The van der Waals surface area contributed by atoms with Crippen molar-refractivity contribution < 1.29 is 4.74 Å². The van der Waals surface area contributed by atoms with Crippen LogP contribution < -0.4 is 4.74 Å². The number of hydrogen-bond acceptors (Lipinski definition) is 1. The van der Waals surface area contributed by atoms with Gasteiger partial charge in [0.1, 0.15) is 5.75 Å². The molecular formula is C22H32O. The second kappa shape index (κ2) is 8.04. The summed E-state index contributed by atoms with van der Waals surface area (Å²) in [5.41, 5.74) is 4.60. The van der Waals surface area contributed by atoms with E-state index in [1.165, 1.54) is 75.3 Å². The molecule has 1 aromatic carbocycles. The molecule has 2 aliphatic rings. The topological polar surface area (TPSA) is 9.23 Å². The highest BCUT2D eigenvalue weighted by Gasteiger charge is 2.25. The van der Waals surface area contributed by atoms with Gasteiger partial charge in [-0.25, -0.2) is 0 Å². The van der Waals surface area contributed by atoms with E-state index in [9.17, 15) is 0 Å². The zero-order chi connectivity index (χ0) is 16.1. The zero-order valence-corrected chi connectivity index (χ0v) is 14.9. The van der Waals surface area contributed by atoms with Crippen molar-refractivity contribution in [2.24, 2.45) is 11.8 Å². The number of rotatable bonds is 6. The lowest BCUT2D eigenvalue weighted by molar-refractivity contribution is 0.279. The molecule has 0 atom stereocenters. The Morgan fingerprint density at radius 1 is 1.04 bits per heavy atom. The van der Waals surface area contributed by atoms with E-state index in [0.29, 0.717) is 0 Å². The van der Waals surface area contributed by atoms with E-state index in [1.807, 2.05) is 0 Å². The van der Waals surface area contributed by atoms with E-state index >= 15 is 0 Å². The maximum Gasteiger partial charge on any atom is 0.119 e. The van der Waals surface area contributed by atoms with Gasteiger partial charge in [-0.1, -0.05) is 50.3 Å². The number of benzene rings is 1. The molecule has 0 unspecified atom stereocenters. The number of fused-ring (bicyclic) bond motifs is 1. The van der Waals surface area contributed by atoms with Crippen molar-refractivity contribution in [1.29, 1.82) is 0 Å². The van der Waals surface area contributed by atoms with Crippen LogP contribution in [0.15, 0.2) is 23.8 Å². The van der Waals surface area contributed by atoms with E-state index < -0.39 is 0 Å². The maximum atomic E-state index is 5.35. The highest BCUT2D eigenvalue weighted by molar-refractivity contribution is 5.61. The van der Waals surface area contributed by atoms with Crippen LogP contribution in [0.2, 0.25) is 0 Å². The van der Waals surface area contributed by atoms with E-state index in [0.717, 1.165) is 17.6 Å². The molecule has 0 aliphatic heterocycles. The SMILES string of the molecule is CCCCCC1CCC(C2=Cc3ccc(OC)cc3CC2)CC1. The fraction of sp³-hybridized carbons (Fsp3) is 0.636. The molecule has 1 nitrogen and oxygen atoms in total. The van der Waals surface area contributed by atoms with Crippen molar-refractivity contribution in [3.8, 4) is 5.75 Å². The standard InChI is InChI=1S/C22H32O/c1-3-4-5-6-17-7-9-18(10-8-17)19-11-12-21-16-22(23-2)14-13-20(21)15-19/h13-18H,3-12H2,1-2H3. The van der Waals surface area contributed by atoms with E-state index in [1.54, 1.807) is 12.7 Å². The minimum absolute atomic E-state index is 0.854. The molecule has 23 heavy (non-hydrogen) atoms. The Kier molecular flexibility index (Phi) is 5.80. The Bertz CT molecular complexity index is 535. The summed E-state index contributed by atoms with van der Waals surface area (Å²) in [6.07, 6.45) is 16.4. The summed E-state index contributed by atoms with van der Waals surface area (Å²) in [7, 11) is 1.75. The van der Waals surface area contributed by atoms with Crippen LogP contribution >= 0.6 is 0 Å². The van der Waals surface area contributed by atoms with Gasteiger partial charge in [0.05, 0.1) is 7.11 Å². The fourth-order valence-electron chi connectivity index (χ4n) is 4.44. The van der Waals surface area contributed by atoms with Crippen LogP contribution in [-0.4, -0.2) is 7.11 Å². The smallest absolute Gasteiger partial charge is 0.119 e. The molecule has 126 valence electrons. The number of ether oxygens (including phenoxy) is 1. The van der Waals surface area contributed by atoms with Gasteiger partial charge in [-0.05, 0) is 73.6 Å². The molecule has 1 saturated carbocycles. The lowest BCUT2D eigenvalue weighted by Crippen LogP contribution is -2.18. The molecule has 2 aliphatic carbocycles. The molecule has 0 saturated heterocycles. The van der Waals surface area contributed by atoms with E-state index in [4.69, 9.17) is 4.74 Å². The quantitative estimate of drug-likeness (QED) is 0.551. The van der Waals surface area contributed by atoms with Gasteiger partial charge in [-0.2, -0.15) is 0 Å². The Labute approximate surface area is 142 Å². The highest BCUT2D eigenvalue weighted by Crippen LogP contribution is 2.40. The van der Waals surface area contributed by atoms with Crippen LogP contribution in [0.25, 0.3) is 6.08 Å². The largest absolute Gasteiger partial charge is 0.497 e. The molecule has 1 heteroatoms. The molecular weight excluding hydrogens is 280 g/mol. The second-order valence-electron chi connectivity index (χ2n) is 7.50. The number of aryl methyl sites for hydroxylation is 1. The van der Waals surface area contributed by atoms with Crippen LogP contribution in [0.5, 0.6) is 5.75 Å². The first-order valence-electron chi connectivity index (χ1n) is 9.67. The van der Waals surface area contributed by atoms with Crippen molar-refractivity contribution in [2.75, 3.05) is 7.11 Å². The first kappa shape index (κ1) is 16.6. The lowest BCUT2D eigenvalue weighted by Gasteiger charge is -2.32. The maximum absolute atomic E-state index is 5.35. The first-order valence-corrected chi connectivity index (χ1v) is 9.67. The van der Waals surface area contributed by atoms with Crippen LogP contribution in [0, 0.1) is 11.8 Å². The van der Waals surface area contributed by atoms with Gasteiger partial charge in [0, 0.05) is 0 Å². The minimum atomic E-state index is 0.854. The molecule has 1 aromatic rings. The Balaban J connectivity index is 1.57. The zero-order valence-electron chi connectivity index (χ0n) is 14.9. The van der Waals surface area contributed by atoms with Gasteiger partial charge in [-0.15, -0.1) is 0 Å². The van der Waals surface area contributed by atoms with Crippen molar-refractivity contribution in [2.45, 2.75) is 71.1 Å². The molecule has 0 radical (unpaired) electrons. The van der Waals surface area contributed by atoms with Crippen molar-refractivity contribution in [3.63, 3.8) is 0 Å². The van der Waals surface area contributed by atoms with Gasteiger partial charge >= 0.3 is 0 Å². The van der Waals surface area contributed by atoms with E-state index in [2.05, 4.69) is 31.2 Å². The summed E-state index contributed by atoms with van der Waals surface area (Å²) in [6, 6.07) is 6.56. The summed E-state index contributed by atoms with van der Waals surface area (Å²) >= 11 is 0. The van der Waals surface area contributed by atoms with Gasteiger partial charge in [-0.3, -0.25) is 0 Å². The molecule has 3 rings (SSSR count). The predicted molar refractivity (Wildman–Crippen MR) is 98.9 cm³/mol. The van der Waals surface area contributed by atoms with Gasteiger partial charge < -0.3 is 4.74 Å². The Morgan fingerprint density at radius 3 is 2.61 bits per heavy atom. The Hall–Kier alpha value is -1.24. The monoisotopic (exact) mass is 312 g/mol. The summed E-state index contributed by atoms with van der Waals surface area (Å²) in [6.45, 7) is 2.31.